The van der Waals surface area contributed by atoms with Crippen LogP contribution >= 0.6 is 0 Å². The van der Waals surface area contributed by atoms with Crippen molar-refractivity contribution in [3.05, 3.63) is 70.8 Å². The first-order chi connectivity index (χ1) is 11.0. The lowest BCUT2D eigenvalue weighted by molar-refractivity contribution is -0.119. The van der Waals surface area contributed by atoms with Gasteiger partial charge in [0.15, 0.2) is 11.6 Å². The van der Waals surface area contributed by atoms with Crippen molar-refractivity contribution >= 4 is 12.4 Å². The number of carbonyl (C=O) groups is 2. The molecule has 23 heavy (non-hydrogen) atoms. The van der Waals surface area contributed by atoms with E-state index in [1.54, 1.807) is 24.3 Å². The molecule has 0 bridgehead atoms. The molecule has 0 spiro atoms. The molecule has 0 fully saturated rings. The number of carbonyl (C=O) groups excluding carboxylic acids is 2. The van der Waals surface area contributed by atoms with E-state index in [9.17, 15) is 18.4 Å². The highest BCUT2D eigenvalue weighted by molar-refractivity contribution is 5.89. The summed E-state index contributed by atoms with van der Waals surface area (Å²) in [4.78, 5) is 23.8. The summed E-state index contributed by atoms with van der Waals surface area (Å²) in [5.41, 5.74) is 1.25. The van der Waals surface area contributed by atoms with E-state index in [2.05, 4.69) is 4.74 Å². The standard InChI is InChI=1S/C17H15F2NO3/c1-23-17(22)13-7-5-12(6-8-13)9-20(11-21)10-14-3-2-4-15(18)16(14)19/h2-8,11H,9-10H2,1H3. The summed E-state index contributed by atoms with van der Waals surface area (Å²) in [6.07, 6.45) is 0.568. The van der Waals surface area contributed by atoms with Crippen LogP contribution in [0.4, 0.5) is 8.78 Å². The summed E-state index contributed by atoms with van der Waals surface area (Å²) in [6.45, 7) is 0.159. The molecule has 1 amide bonds. The second-order valence-electron chi connectivity index (χ2n) is 4.91. The fraction of sp³-hybridized carbons (Fsp3) is 0.176. The van der Waals surface area contributed by atoms with E-state index < -0.39 is 17.6 Å². The molecule has 0 heterocycles. The molecule has 2 aromatic rings. The van der Waals surface area contributed by atoms with Crippen molar-refractivity contribution in [1.82, 2.24) is 4.90 Å². The summed E-state index contributed by atoms with van der Waals surface area (Å²) in [5.74, 6) is -2.36. The molecule has 2 rings (SSSR count). The third kappa shape index (κ3) is 4.12. The average Bonchev–Trinajstić information content (AvgIpc) is 2.58. The number of hydrogen-bond acceptors (Lipinski definition) is 3. The Kier molecular flexibility index (Phi) is 5.41. The zero-order valence-corrected chi connectivity index (χ0v) is 12.5. The number of halogens is 2. The van der Waals surface area contributed by atoms with Gasteiger partial charge in [-0.1, -0.05) is 24.3 Å². The molecule has 6 heteroatoms. The molecule has 0 N–H and O–H groups in total. The summed E-state index contributed by atoms with van der Waals surface area (Å²) in [7, 11) is 1.29. The molecule has 120 valence electrons. The van der Waals surface area contributed by atoms with Crippen LogP contribution in [0.3, 0.4) is 0 Å². The summed E-state index contributed by atoms with van der Waals surface area (Å²) in [6, 6.07) is 10.3. The molecule has 4 nitrogen and oxygen atoms in total. The minimum absolute atomic E-state index is 0.0498. The van der Waals surface area contributed by atoms with E-state index in [1.807, 2.05) is 0 Å². The molecule has 0 aromatic heterocycles. The van der Waals surface area contributed by atoms with Gasteiger partial charge in [0.1, 0.15) is 0 Å². The summed E-state index contributed by atoms with van der Waals surface area (Å²) < 4.78 is 31.4. The minimum atomic E-state index is -0.958. The van der Waals surface area contributed by atoms with Crippen molar-refractivity contribution in [2.24, 2.45) is 0 Å². The van der Waals surface area contributed by atoms with E-state index in [4.69, 9.17) is 0 Å². The zero-order valence-electron chi connectivity index (χ0n) is 12.5. The lowest BCUT2D eigenvalue weighted by atomic mass is 10.1. The maximum atomic E-state index is 13.6. The van der Waals surface area contributed by atoms with Crippen LogP contribution < -0.4 is 0 Å². The maximum absolute atomic E-state index is 13.6. The van der Waals surface area contributed by atoms with E-state index in [1.165, 1.54) is 24.1 Å². The van der Waals surface area contributed by atoms with Crippen LogP contribution in [0.2, 0.25) is 0 Å². The Morgan fingerprint density at radius 1 is 1.13 bits per heavy atom. The first-order valence-corrected chi connectivity index (χ1v) is 6.84. The van der Waals surface area contributed by atoms with Gasteiger partial charge < -0.3 is 9.64 Å². The molecule has 0 atom stereocenters. The largest absolute Gasteiger partial charge is 0.465 e. The highest BCUT2D eigenvalue weighted by Gasteiger charge is 2.12. The maximum Gasteiger partial charge on any atom is 0.337 e. The molecule has 0 aliphatic rings. The van der Waals surface area contributed by atoms with Crippen LogP contribution in [0, 0.1) is 11.6 Å². The van der Waals surface area contributed by atoms with Crippen LogP contribution in [-0.2, 0) is 22.6 Å². The summed E-state index contributed by atoms with van der Waals surface area (Å²) in [5, 5.41) is 0. The molecule has 0 radical (unpaired) electrons. The van der Waals surface area contributed by atoms with E-state index >= 15 is 0 Å². The van der Waals surface area contributed by atoms with Crippen LogP contribution in [-0.4, -0.2) is 24.4 Å². The van der Waals surface area contributed by atoms with Crippen molar-refractivity contribution in [3.8, 4) is 0 Å². The predicted octanol–water partition coefficient (Wildman–Crippen LogP) is 2.91. The Labute approximate surface area is 132 Å². The number of hydrogen-bond donors (Lipinski definition) is 0. The van der Waals surface area contributed by atoms with Gasteiger partial charge in [-0.3, -0.25) is 4.79 Å². The lowest BCUT2D eigenvalue weighted by Crippen LogP contribution is -2.21. The molecule has 0 unspecified atom stereocenters. The van der Waals surface area contributed by atoms with Crippen molar-refractivity contribution < 1.29 is 23.1 Å². The van der Waals surface area contributed by atoms with Crippen molar-refractivity contribution in [1.29, 1.82) is 0 Å². The van der Waals surface area contributed by atoms with Gasteiger partial charge in [-0.25, -0.2) is 13.6 Å². The molecule has 0 saturated carbocycles. The number of rotatable bonds is 6. The monoisotopic (exact) mass is 319 g/mol. The third-order valence-electron chi connectivity index (χ3n) is 3.31. The van der Waals surface area contributed by atoms with Gasteiger partial charge >= 0.3 is 5.97 Å². The van der Waals surface area contributed by atoms with E-state index in [-0.39, 0.29) is 18.7 Å². The number of nitrogens with zero attached hydrogens (tertiary/aromatic N) is 1. The molecule has 0 saturated heterocycles. The fourth-order valence-corrected chi connectivity index (χ4v) is 2.12. The molecule has 0 aliphatic heterocycles. The van der Waals surface area contributed by atoms with Gasteiger partial charge in [0.05, 0.1) is 12.7 Å². The van der Waals surface area contributed by atoms with Gasteiger partial charge in [-0.2, -0.15) is 0 Å². The first-order valence-electron chi connectivity index (χ1n) is 6.84. The van der Waals surface area contributed by atoms with Crippen LogP contribution in [0.25, 0.3) is 0 Å². The summed E-state index contributed by atoms with van der Waals surface area (Å²) >= 11 is 0. The second-order valence-corrected chi connectivity index (χ2v) is 4.91. The molecule has 0 aliphatic carbocycles. The minimum Gasteiger partial charge on any atom is -0.465 e. The van der Waals surface area contributed by atoms with E-state index in [0.29, 0.717) is 12.0 Å². The number of methoxy groups -OCH3 is 1. The normalized spacial score (nSPS) is 10.2. The molecule has 2 aromatic carbocycles. The van der Waals surface area contributed by atoms with Crippen molar-refractivity contribution in [2.45, 2.75) is 13.1 Å². The van der Waals surface area contributed by atoms with Crippen molar-refractivity contribution in [3.63, 3.8) is 0 Å². The predicted molar refractivity (Wildman–Crippen MR) is 79.5 cm³/mol. The Hall–Kier alpha value is -2.76. The van der Waals surface area contributed by atoms with Gasteiger partial charge in [0.2, 0.25) is 6.41 Å². The highest BCUT2D eigenvalue weighted by Crippen LogP contribution is 2.15. The highest BCUT2D eigenvalue weighted by atomic mass is 19.2. The van der Waals surface area contributed by atoms with Crippen LogP contribution in [0.15, 0.2) is 42.5 Å². The third-order valence-corrected chi connectivity index (χ3v) is 3.31. The fourth-order valence-electron chi connectivity index (χ4n) is 2.12. The smallest absolute Gasteiger partial charge is 0.337 e. The second kappa shape index (κ2) is 7.49. The SMILES string of the molecule is COC(=O)c1ccc(CN(C=O)Cc2cccc(F)c2F)cc1. The zero-order chi connectivity index (χ0) is 16.8. The van der Waals surface area contributed by atoms with Gasteiger partial charge in [-0.05, 0) is 23.8 Å². The van der Waals surface area contributed by atoms with Crippen LogP contribution in [0.5, 0.6) is 0 Å². The van der Waals surface area contributed by atoms with Crippen molar-refractivity contribution in [2.75, 3.05) is 7.11 Å². The lowest BCUT2D eigenvalue weighted by Gasteiger charge is -2.18. The first kappa shape index (κ1) is 16.6. The Morgan fingerprint density at radius 3 is 2.43 bits per heavy atom. The average molecular weight is 319 g/mol. The van der Waals surface area contributed by atoms with Gasteiger partial charge in [-0.15, -0.1) is 0 Å². The quantitative estimate of drug-likeness (QED) is 0.607. The molecular weight excluding hydrogens is 304 g/mol. The topological polar surface area (TPSA) is 46.6 Å². The Balaban J connectivity index is 2.09. The number of esters is 1. The van der Waals surface area contributed by atoms with Gasteiger partial charge in [0.25, 0.3) is 0 Å². The Morgan fingerprint density at radius 2 is 1.83 bits per heavy atom. The van der Waals surface area contributed by atoms with E-state index in [0.717, 1.165) is 11.6 Å². The number of benzene rings is 2. The van der Waals surface area contributed by atoms with Crippen LogP contribution in [0.1, 0.15) is 21.5 Å². The number of ether oxygens (including phenoxy) is 1. The Bertz CT molecular complexity index is 701. The number of amides is 1. The molecular formula is C17H15F2NO3. The van der Waals surface area contributed by atoms with Gasteiger partial charge in [0, 0.05) is 18.7 Å².